The molecular formula is C3H2N3O3. The first-order valence-corrected chi connectivity index (χ1v) is 2.04. The summed E-state index contributed by atoms with van der Waals surface area (Å²) in [6.45, 7) is 0. The molecular weight excluding hydrogens is 126 g/mol. The van der Waals surface area contributed by atoms with E-state index in [0.717, 1.165) is 0 Å². The molecule has 1 aromatic rings. The van der Waals surface area contributed by atoms with E-state index in [1.54, 1.807) is 0 Å². The van der Waals surface area contributed by atoms with Gasteiger partial charge in [-0.25, -0.2) is 4.79 Å². The Balaban J connectivity index is 3.12. The zero-order chi connectivity index (χ0) is 6.85. The highest BCUT2D eigenvalue weighted by atomic mass is 16.6. The molecule has 1 aromatic heterocycles. The number of rotatable bonds is 1. The van der Waals surface area contributed by atoms with E-state index in [9.17, 15) is 14.9 Å². The lowest BCUT2D eigenvalue weighted by atomic mass is 10.8. The van der Waals surface area contributed by atoms with Gasteiger partial charge < -0.3 is 10.1 Å². The van der Waals surface area contributed by atoms with Crippen LogP contribution in [0, 0.1) is 16.3 Å². The van der Waals surface area contributed by atoms with Crippen LogP contribution in [0.25, 0.3) is 0 Å². The Kier molecular flexibility index (Phi) is 1.07. The van der Waals surface area contributed by atoms with E-state index >= 15 is 0 Å². The Morgan fingerprint density at radius 1 is 1.67 bits per heavy atom. The monoisotopic (exact) mass is 128 g/mol. The zero-order valence-corrected chi connectivity index (χ0v) is 4.17. The van der Waals surface area contributed by atoms with Gasteiger partial charge in [-0.2, -0.15) is 4.98 Å². The number of aromatic nitrogens is 2. The molecule has 1 heterocycles. The fourth-order valence-electron chi connectivity index (χ4n) is 0.377. The molecule has 0 bridgehead atoms. The van der Waals surface area contributed by atoms with Crippen molar-refractivity contribution in [2.75, 3.05) is 0 Å². The number of nitrogens with zero attached hydrogens (tertiary/aromatic N) is 1. The molecule has 1 rings (SSSR count). The first kappa shape index (κ1) is 5.54. The minimum absolute atomic E-state index is 0.444. The van der Waals surface area contributed by atoms with Crippen LogP contribution >= 0.6 is 0 Å². The third-order valence-corrected chi connectivity index (χ3v) is 0.709. The molecule has 0 aliphatic carbocycles. The van der Waals surface area contributed by atoms with Gasteiger partial charge >= 0.3 is 11.5 Å². The van der Waals surface area contributed by atoms with Crippen molar-refractivity contribution in [2.45, 2.75) is 0 Å². The number of H-pyrrole nitrogens is 2. The second-order valence-electron chi connectivity index (χ2n) is 1.31. The summed E-state index contributed by atoms with van der Waals surface area (Å²) >= 11 is 0. The molecule has 1 radical (unpaired) electrons. The van der Waals surface area contributed by atoms with Gasteiger partial charge in [0.1, 0.15) is 0 Å². The molecule has 0 atom stereocenters. The summed E-state index contributed by atoms with van der Waals surface area (Å²) in [7, 11) is 0. The smallest absolute Gasteiger partial charge is 0.358 e. The fraction of sp³-hybridized carbons (Fsp3) is 0. The van der Waals surface area contributed by atoms with Crippen LogP contribution in [0.15, 0.2) is 4.79 Å². The highest BCUT2D eigenvalue weighted by Gasteiger charge is 2.04. The van der Waals surface area contributed by atoms with E-state index in [1.165, 1.54) is 0 Å². The van der Waals surface area contributed by atoms with Crippen molar-refractivity contribution in [3.63, 3.8) is 0 Å². The van der Waals surface area contributed by atoms with Gasteiger partial charge in [0, 0.05) is 0 Å². The molecule has 6 heteroatoms. The van der Waals surface area contributed by atoms with Crippen LogP contribution in [-0.2, 0) is 0 Å². The topological polar surface area (TPSA) is 91.8 Å². The maximum atomic E-state index is 10.1. The van der Waals surface area contributed by atoms with Crippen molar-refractivity contribution in [1.82, 2.24) is 9.97 Å². The molecule has 6 nitrogen and oxygen atoms in total. The van der Waals surface area contributed by atoms with Crippen LogP contribution in [0.4, 0.5) is 5.82 Å². The van der Waals surface area contributed by atoms with Crippen LogP contribution in [0.5, 0.6) is 0 Å². The zero-order valence-electron chi connectivity index (χ0n) is 4.17. The quantitative estimate of drug-likeness (QED) is 0.391. The van der Waals surface area contributed by atoms with Gasteiger partial charge in [0.2, 0.25) is 0 Å². The number of hydrogen-bond acceptors (Lipinski definition) is 3. The van der Waals surface area contributed by atoms with Crippen molar-refractivity contribution in [3.05, 3.63) is 26.8 Å². The number of hydrogen-bond donors (Lipinski definition) is 2. The van der Waals surface area contributed by atoms with Crippen LogP contribution in [0.3, 0.4) is 0 Å². The minimum atomic E-state index is -0.738. The standard InChI is InChI=1S/C3H2N3O3/c7-3-4-1-2(5-3)6(8)9/h(H2,4,5,7). The first-order chi connectivity index (χ1) is 4.20. The maximum Gasteiger partial charge on any atom is 0.411 e. The molecule has 0 fully saturated rings. The molecule has 2 N–H and O–H groups in total. The summed E-state index contributed by atoms with van der Waals surface area (Å²) in [6.07, 6.45) is 2.01. The summed E-state index contributed by atoms with van der Waals surface area (Å²) in [5.41, 5.74) is -0.623. The van der Waals surface area contributed by atoms with Crippen molar-refractivity contribution in [3.8, 4) is 0 Å². The number of nitrogens with one attached hydrogen (secondary N) is 2. The molecule has 47 valence electrons. The molecule has 0 amide bonds. The largest absolute Gasteiger partial charge is 0.411 e. The Bertz CT molecular complexity index is 272. The maximum absolute atomic E-state index is 10.1. The van der Waals surface area contributed by atoms with Gasteiger partial charge in [-0.15, -0.1) is 0 Å². The van der Waals surface area contributed by atoms with E-state index < -0.39 is 16.4 Å². The third kappa shape index (κ3) is 0.958. The first-order valence-electron chi connectivity index (χ1n) is 2.04. The van der Waals surface area contributed by atoms with Gasteiger partial charge in [0.05, 0.1) is 0 Å². The third-order valence-electron chi connectivity index (χ3n) is 0.709. The van der Waals surface area contributed by atoms with Gasteiger partial charge in [-0.3, -0.25) is 4.98 Å². The predicted molar refractivity (Wildman–Crippen MR) is 26.9 cm³/mol. The fourth-order valence-corrected chi connectivity index (χ4v) is 0.377. The molecule has 0 saturated heterocycles. The summed E-state index contributed by atoms with van der Waals surface area (Å²) in [5.74, 6) is -0.444. The van der Waals surface area contributed by atoms with Crippen molar-refractivity contribution >= 4 is 5.82 Å². The van der Waals surface area contributed by atoms with E-state index in [1.807, 2.05) is 16.2 Å². The minimum Gasteiger partial charge on any atom is -0.358 e. The van der Waals surface area contributed by atoms with Crippen LogP contribution in [-0.4, -0.2) is 14.9 Å². The average molecular weight is 128 g/mol. The highest BCUT2D eigenvalue weighted by Crippen LogP contribution is 1.95. The summed E-state index contributed by atoms with van der Waals surface area (Å²) in [5, 5.41) is 9.80. The van der Waals surface area contributed by atoms with Gasteiger partial charge in [0.25, 0.3) is 0 Å². The second-order valence-corrected chi connectivity index (χ2v) is 1.31. The van der Waals surface area contributed by atoms with E-state index in [2.05, 4.69) is 0 Å². The lowest BCUT2D eigenvalue weighted by Crippen LogP contribution is -2.00. The lowest BCUT2D eigenvalue weighted by Gasteiger charge is -1.82. The molecule has 0 saturated carbocycles. The van der Waals surface area contributed by atoms with Gasteiger partial charge in [-0.1, -0.05) is 0 Å². The van der Waals surface area contributed by atoms with Gasteiger partial charge in [-0.05, 0) is 4.92 Å². The van der Waals surface area contributed by atoms with E-state index in [-0.39, 0.29) is 0 Å². The Morgan fingerprint density at radius 3 is 2.56 bits per heavy atom. The summed E-state index contributed by atoms with van der Waals surface area (Å²) in [4.78, 5) is 23.1. The van der Waals surface area contributed by atoms with Crippen molar-refractivity contribution in [2.24, 2.45) is 0 Å². The molecule has 0 aliphatic heterocycles. The van der Waals surface area contributed by atoms with Crippen LogP contribution in [0.1, 0.15) is 0 Å². The SMILES string of the molecule is O=c1[nH][c]c([N+](=O)[O-])[nH]1. The van der Waals surface area contributed by atoms with Gasteiger partial charge in [0.15, 0.2) is 6.20 Å². The molecule has 0 aromatic carbocycles. The van der Waals surface area contributed by atoms with Crippen LogP contribution in [0.2, 0.25) is 0 Å². The van der Waals surface area contributed by atoms with E-state index in [0.29, 0.717) is 0 Å². The Morgan fingerprint density at radius 2 is 2.33 bits per heavy atom. The van der Waals surface area contributed by atoms with Crippen molar-refractivity contribution in [1.29, 1.82) is 0 Å². The molecule has 9 heavy (non-hydrogen) atoms. The molecule has 0 unspecified atom stereocenters. The summed E-state index contributed by atoms with van der Waals surface area (Å²) < 4.78 is 0. The van der Waals surface area contributed by atoms with Crippen LogP contribution < -0.4 is 5.69 Å². The highest BCUT2D eigenvalue weighted by molar-refractivity contribution is 5.08. The molecule has 0 aliphatic rings. The second kappa shape index (κ2) is 1.73. The summed E-state index contributed by atoms with van der Waals surface area (Å²) in [6, 6.07) is 0. The number of nitro groups is 1. The predicted octanol–water partition coefficient (Wildman–Crippen LogP) is -0.589. The lowest BCUT2D eigenvalue weighted by molar-refractivity contribution is -0.389. The average Bonchev–Trinajstić information content (AvgIpc) is 2.14. The number of aromatic amines is 2. The Hall–Kier alpha value is -1.59. The molecule has 0 spiro atoms. The Labute approximate surface area is 48.7 Å². The van der Waals surface area contributed by atoms with Crippen molar-refractivity contribution < 1.29 is 4.92 Å². The van der Waals surface area contributed by atoms with E-state index in [4.69, 9.17) is 0 Å². The normalized spacial score (nSPS) is 9.33. The number of imidazole rings is 1.